The summed E-state index contributed by atoms with van der Waals surface area (Å²) in [4.78, 5) is 11.6. The molecule has 0 fully saturated rings. The van der Waals surface area contributed by atoms with Crippen LogP contribution in [0.1, 0.15) is 19.4 Å². The quantitative estimate of drug-likeness (QED) is 0.864. The van der Waals surface area contributed by atoms with Crippen LogP contribution in [0.25, 0.3) is 0 Å². The summed E-state index contributed by atoms with van der Waals surface area (Å²) >= 11 is 5.91. The number of amides is 1. The van der Waals surface area contributed by atoms with E-state index in [1.54, 1.807) is 19.2 Å². The number of rotatable bonds is 5. The van der Waals surface area contributed by atoms with E-state index in [0.29, 0.717) is 23.7 Å². The molecule has 1 aromatic carbocycles. The molecule has 3 nitrogen and oxygen atoms in total. The Balaban J connectivity index is 2.59. The number of carbonyl (C=O) groups excluding carboxylic acids is 1. The molecule has 18 heavy (non-hydrogen) atoms. The summed E-state index contributed by atoms with van der Waals surface area (Å²) in [5.74, 6) is -0.401. The van der Waals surface area contributed by atoms with Gasteiger partial charge < -0.3 is 10.6 Å². The molecule has 0 radical (unpaired) electrons. The van der Waals surface area contributed by atoms with Crippen molar-refractivity contribution in [2.75, 3.05) is 13.6 Å². The lowest BCUT2D eigenvalue weighted by atomic mass is 9.92. The number of nitrogens with one attached hydrogen (secondary N) is 2. The highest BCUT2D eigenvalue weighted by Crippen LogP contribution is 2.19. The van der Waals surface area contributed by atoms with Crippen LogP contribution < -0.4 is 10.6 Å². The molecule has 0 heterocycles. The standard InChI is InChI=1S/C13H18ClFN2O/c1-13(2,12(18)16-3)8-17-7-9-10(14)5-4-6-11(9)15/h4-6,17H,7-8H2,1-3H3,(H,16,18). The molecule has 1 aromatic rings. The molecule has 5 heteroatoms. The van der Waals surface area contributed by atoms with Gasteiger partial charge in [0.1, 0.15) is 5.82 Å². The second kappa shape index (κ2) is 6.16. The first-order valence-corrected chi connectivity index (χ1v) is 6.12. The molecule has 0 aromatic heterocycles. The number of halogens is 2. The zero-order valence-corrected chi connectivity index (χ0v) is 11.6. The van der Waals surface area contributed by atoms with Gasteiger partial charge in [-0.15, -0.1) is 0 Å². The van der Waals surface area contributed by atoms with Crippen molar-refractivity contribution in [2.45, 2.75) is 20.4 Å². The number of carbonyl (C=O) groups is 1. The van der Waals surface area contributed by atoms with Crippen molar-refractivity contribution >= 4 is 17.5 Å². The fourth-order valence-electron chi connectivity index (χ4n) is 1.62. The lowest BCUT2D eigenvalue weighted by Crippen LogP contribution is -2.41. The van der Waals surface area contributed by atoms with Crippen LogP contribution in [0, 0.1) is 11.2 Å². The normalized spacial score (nSPS) is 11.4. The first-order chi connectivity index (χ1) is 8.38. The first kappa shape index (κ1) is 14.9. The van der Waals surface area contributed by atoms with Crippen LogP contribution in [0.5, 0.6) is 0 Å². The van der Waals surface area contributed by atoms with E-state index < -0.39 is 5.41 Å². The molecule has 1 amide bonds. The Hall–Kier alpha value is -1.13. The van der Waals surface area contributed by atoms with Gasteiger partial charge in [-0.25, -0.2) is 4.39 Å². The van der Waals surface area contributed by atoms with Gasteiger partial charge in [-0.1, -0.05) is 17.7 Å². The van der Waals surface area contributed by atoms with Gasteiger partial charge in [0, 0.05) is 30.7 Å². The molecular formula is C13H18ClFN2O. The number of hydrogen-bond donors (Lipinski definition) is 2. The smallest absolute Gasteiger partial charge is 0.226 e. The Morgan fingerprint density at radius 1 is 1.44 bits per heavy atom. The maximum atomic E-state index is 13.5. The molecule has 2 N–H and O–H groups in total. The maximum Gasteiger partial charge on any atom is 0.226 e. The SMILES string of the molecule is CNC(=O)C(C)(C)CNCc1c(F)cccc1Cl. The second-order valence-corrected chi connectivity index (χ2v) is 5.17. The summed E-state index contributed by atoms with van der Waals surface area (Å²) in [6.07, 6.45) is 0. The molecule has 0 saturated carbocycles. The van der Waals surface area contributed by atoms with Crippen LogP contribution in [0.3, 0.4) is 0 Å². The average Bonchev–Trinajstić information content (AvgIpc) is 2.31. The fraction of sp³-hybridized carbons (Fsp3) is 0.462. The minimum absolute atomic E-state index is 0.0605. The predicted octanol–water partition coefficient (Wildman–Crippen LogP) is 2.34. The lowest BCUT2D eigenvalue weighted by Gasteiger charge is -2.23. The van der Waals surface area contributed by atoms with E-state index in [0.717, 1.165) is 0 Å². The Morgan fingerprint density at radius 2 is 2.11 bits per heavy atom. The summed E-state index contributed by atoms with van der Waals surface area (Å²) in [5, 5.41) is 6.04. The van der Waals surface area contributed by atoms with E-state index in [4.69, 9.17) is 11.6 Å². The van der Waals surface area contributed by atoms with Crippen molar-refractivity contribution in [3.8, 4) is 0 Å². The highest BCUT2D eigenvalue weighted by atomic mass is 35.5. The fourth-order valence-corrected chi connectivity index (χ4v) is 1.85. The molecule has 0 unspecified atom stereocenters. The molecule has 1 rings (SSSR count). The van der Waals surface area contributed by atoms with Crippen molar-refractivity contribution in [3.63, 3.8) is 0 Å². The van der Waals surface area contributed by atoms with Gasteiger partial charge in [0.15, 0.2) is 0 Å². The average molecular weight is 273 g/mol. The van der Waals surface area contributed by atoms with Crippen LogP contribution in [0.2, 0.25) is 5.02 Å². The third-order valence-electron chi connectivity index (χ3n) is 2.77. The molecule has 0 atom stereocenters. The Bertz CT molecular complexity index is 415. The van der Waals surface area contributed by atoms with Crippen molar-refractivity contribution < 1.29 is 9.18 Å². The third-order valence-corrected chi connectivity index (χ3v) is 3.13. The van der Waals surface area contributed by atoms with Crippen molar-refractivity contribution in [2.24, 2.45) is 5.41 Å². The molecular weight excluding hydrogens is 255 g/mol. The zero-order valence-electron chi connectivity index (χ0n) is 10.8. The second-order valence-electron chi connectivity index (χ2n) is 4.77. The van der Waals surface area contributed by atoms with Gasteiger partial charge >= 0.3 is 0 Å². The minimum Gasteiger partial charge on any atom is -0.359 e. The highest BCUT2D eigenvalue weighted by Gasteiger charge is 2.26. The largest absolute Gasteiger partial charge is 0.359 e. The minimum atomic E-state index is -0.549. The molecule has 0 aliphatic carbocycles. The van der Waals surface area contributed by atoms with Crippen LogP contribution in [-0.2, 0) is 11.3 Å². The van der Waals surface area contributed by atoms with Gasteiger partial charge in [0.2, 0.25) is 5.91 Å². The third kappa shape index (κ3) is 3.68. The van der Waals surface area contributed by atoms with Crippen molar-refractivity contribution in [1.82, 2.24) is 10.6 Å². The molecule has 0 bridgehead atoms. The van der Waals surface area contributed by atoms with E-state index >= 15 is 0 Å². The molecule has 0 aliphatic rings. The van der Waals surface area contributed by atoms with Gasteiger partial charge in [-0.05, 0) is 26.0 Å². The van der Waals surface area contributed by atoms with E-state index in [1.807, 2.05) is 13.8 Å². The summed E-state index contributed by atoms with van der Waals surface area (Å²) in [6, 6.07) is 4.58. The van der Waals surface area contributed by atoms with E-state index in [9.17, 15) is 9.18 Å². The van der Waals surface area contributed by atoms with Crippen LogP contribution >= 0.6 is 11.6 Å². The van der Waals surface area contributed by atoms with E-state index in [-0.39, 0.29) is 11.7 Å². The number of benzene rings is 1. The number of hydrogen-bond acceptors (Lipinski definition) is 2. The maximum absolute atomic E-state index is 13.5. The van der Waals surface area contributed by atoms with E-state index in [2.05, 4.69) is 10.6 Å². The Morgan fingerprint density at radius 3 is 2.67 bits per heavy atom. The zero-order chi connectivity index (χ0) is 13.8. The van der Waals surface area contributed by atoms with Crippen LogP contribution in [0.4, 0.5) is 4.39 Å². The molecule has 0 aliphatic heterocycles. The monoisotopic (exact) mass is 272 g/mol. The first-order valence-electron chi connectivity index (χ1n) is 5.74. The lowest BCUT2D eigenvalue weighted by molar-refractivity contribution is -0.128. The van der Waals surface area contributed by atoms with Gasteiger partial charge in [0.05, 0.1) is 5.41 Å². The summed E-state index contributed by atoms with van der Waals surface area (Å²) < 4.78 is 13.5. The summed E-state index contributed by atoms with van der Waals surface area (Å²) in [6.45, 7) is 4.38. The topological polar surface area (TPSA) is 41.1 Å². The Kier molecular flexibility index (Phi) is 5.11. The van der Waals surface area contributed by atoms with Crippen molar-refractivity contribution in [3.05, 3.63) is 34.6 Å². The van der Waals surface area contributed by atoms with Gasteiger partial charge in [0.25, 0.3) is 0 Å². The van der Waals surface area contributed by atoms with E-state index in [1.165, 1.54) is 6.07 Å². The molecule has 0 saturated heterocycles. The predicted molar refractivity (Wildman–Crippen MR) is 71.0 cm³/mol. The summed E-state index contributed by atoms with van der Waals surface area (Å²) in [7, 11) is 1.60. The van der Waals surface area contributed by atoms with Crippen LogP contribution in [-0.4, -0.2) is 19.5 Å². The van der Waals surface area contributed by atoms with Gasteiger partial charge in [-0.3, -0.25) is 4.79 Å². The molecule has 0 spiro atoms. The van der Waals surface area contributed by atoms with Crippen molar-refractivity contribution in [1.29, 1.82) is 0 Å². The van der Waals surface area contributed by atoms with Crippen LogP contribution in [0.15, 0.2) is 18.2 Å². The highest BCUT2D eigenvalue weighted by molar-refractivity contribution is 6.31. The molecule has 100 valence electrons. The Labute approximate surface area is 112 Å². The van der Waals surface area contributed by atoms with Gasteiger partial charge in [-0.2, -0.15) is 0 Å². The summed E-state index contributed by atoms with van der Waals surface area (Å²) in [5.41, 5.74) is -0.126.